The normalized spacial score (nSPS) is 14.4. The van der Waals surface area contributed by atoms with Gasteiger partial charge in [0.1, 0.15) is 19.3 Å². The summed E-state index contributed by atoms with van der Waals surface area (Å²) < 4.78 is 68.9. The maximum absolute atomic E-state index is 13.2. The molecule has 0 aliphatic rings. The smallest absolute Gasteiger partial charge is 0.462 e. The van der Waals surface area contributed by atoms with Crippen LogP contribution in [0.4, 0.5) is 0 Å². The minimum atomic E-state index is -4.97. The predicted molar refractivity (Wildman–Crippen MR) is 432 cm³/mol. The largest absolute Gasteiger partial charge is 0.472 e. The summed E-state index contributed by atoms with van der Waals surface area (Å²) in [5.74, 6) is 0.334. The quantitative estimate of drug-likeness (QED) is 0.0222. The van der Waals surface area contributed by atoms with Gasteiger partial charge in [0, 0.05) is 25.7 Å². The summed E-state index contributed by atoms with van der Waals surface area (Å²) in [5.41, 5.74) is 0. The van der Waals surface area contributed by atoms with E-state index in [1.807, 2.05) is 0 Å². The van der Waals surface area contributed by atoms with Gasteiger partial charge in [0.2, 0.25) is 0 Å². The first-order chi connectivity index (χ1) is 50.8. The molecule has 0 amide bonds. The summed E-state index contributed by atoms with van der Waals surface area (Å²) in [6, 6.07) is 0. The monoisotopic (exact) mass is 1540 g/mol. The molecular weight excluding hydrogens is 1370 g/mol. The van der Waals surface area contributed by atoms with Gasteiger partial charge < -0.3 is 33.8 Å². The third-order valence-electron chi connectivity index (χ3n) is 20.9. The zero-order valence-electron chi connectivity index (χ0n) is 69.2. The minimum absolute atomic E-state index is 0.108. The van der Waals surface area contributed by atoms with Gasteiger partial charge in [-0.05, 0) is 43.4 Å². The van der Waals surface area contributed by atoms with Crippen molar-refractivity contribution in [3.63, 3.8) is 0 Å². The van der Waals surface area contributed by atoms with Crippen molar-refractivity contribution in [3.05, 3.63) is 0 Å². The average molecular weight is 1540 g/mol. The number of aliphatic hydroxyl groups is 1. The zero-order valence-corrected chi connectivity index (χ0v) is 71.0. The fourth-order valence-electron chi connectivity index (χ4n) is 13.3. The molecule has 4 unspecified atom stereocenters. The van der Waals surface area contributed by atoms with E-state index in [-0.39, 0.29) is 25.7 Å². The van der Waals surface area contributed by atoms with Crippen LogP contribution in [0.5, 0.6) is 0 Å². The Bertz CT molecular complexity index is 2030. The molecule has 0 aliphatic carbocycles. The van der Waals surface area contributed by atoms with Crippen LogP contribution in [0, 0.1) is 17.8 Å². The number of phosphoric ester groups is 2. The Hall–Kier alpha value is -1.94. The number of aliphatic hydroxyl groups excluding tert-OH is 1. The molecular formula is C86H168O17P2. The molecule has 0 aromatic heterocycles. The molecule has 17 nitrogen and oxygen atoms in total. The minimum Gasteiger partial charge on any atom is -0.462 e. The summed E-state index contributed by atoms with van der Waals surface area (Å²) in [4.78, 5) is 73.3. The fraction of sp³-hybridized carbons (Fsp3) is 0.953. The van der Waals surface area contributed by atoms with Crippen molar-refractivity contribution in [2.24, 2.45) is 17.8 Å². The molecule has 0 aromatic carbocycles. The number of unbranched alkanes of at least 4 members (excludes halogenated alkanes) is 50. The van der Waals surface area contributed by atoms with Crippen molar-refractivity contribution in [1.82, 2.24) is 0 Å². The number of hydrogen-bond acceptors (Lipinski definition) is 15. The number of hydrogen-bond donors (Lipinski definition) is 3. The van der Waals surface area contributed by atoms with Gasteiger partial charge >= 0.3 is 39.5 Å². The van der Waals surface area contributed by atoms with Crippen molar-refractivity contribution in [2.75, 3.05) is 39.6 Å². The molecule has 105 heavy (non-hydrogen) atoms. The van der Waals surface area contributed by atoms with E-state index in [4.69, 9.17) is 37.0 Å². The molecule has 19 heteroatoms. The van der Waals surface area contributed by atoms with E-state index in [0.29, 0.717) is 25.7 Å². The Labute approximate surface area is 645 Å². The molecule has 0 saturated heterocycles. The standard InChI is InChI=1S/C86H168O17P2/c1-8-11-12-13-14-15-16-17-18-22-29-34-39-48-55-62-69-86(91)103-82(74-97-84(89)68-61-54-47-42-41-45-52-59-66-79(7)10-3)76-101-105(94,95)99-72-80(87)71-98-104(92,93)100-75-81(73-96-83(88)67-60-53-46-38-33-28-25-24-27-32-37-44-51-58-65-78(6)9-2)102-85(90)70-63-56-49-40-35-30-23-20-19-21-26-31-36-43-50-57-64-77(4)5/h77-82,87H,8-76H2,1-7H3,(H,92,93)(H,94,95)/t78?,79?,80-,81-,82-/m1/s1. The summed E-state index contributed by atoms with van der Waals surface area (Å²) in [6.07, 6.45) is 66.4. The lowest BCUT2D eigenvalue weighted by atomic mass is 9.99. The Morgan fingerprint density at radius 3 is 0.724 bits per heavy atom. The van der Waals surface area contributed by atoms with Gasteiger partial charge in [0.25, 0.3) is 0 Å². The van der Waals surface area contributed by atoms with Gasteiger partial charge in [-0.2, -0.15) is 0 Å². The van der Waals surface area contributed by atoms with E-state index in [0.717, 1.165) is 108 Å². The number of rotatable bonds is 84. The van der Waals surface area contributed by atoms with Crippen LogP contribution in [0.1, 0.15) is 453 Å². The Kier molecular flexibility index (Phi) is 74.7. The van der Waals surface area contributed by atoms with E-state index >= 15 is 0 Å². The maximum Gasteiger partial charge on any atom is 0.472 e. The second-order valence-corrected chi connectivity index (χ2v) is 34.8. The first-order valence-corrected chi connectivity index (χ1v) is 47.4. The van der Waals surface area contributed by atoms with E-state index in [9.17, 15) is 43.2 Å². The Morgan fingerprint density at radius 2 is 0.486 bits per heavy atom. The zero-order chi connectivity index (χ0) is 77.2. The van der Waals surface area contributed by atoms with Crippen molar-refractivity contribution < 1.29 is 80.2 Å². The highest BCUT2D eigenvalue weighted by Gasteiger charge is 2.30. The van der Waals surface area contributed by atoms with Crippen LogP contribution in [-0.2, 0) is 65.4 Å². The van der Waals surface area contributed by atoms with E-state index in [1.54, 1.807) is 0 Å². The van der Waals surface area contributed by atoms with Crippen LogP contribution in [-0.4, -0.2) is 96.7 Å². The molecule has 624 valence electrons. The Balaban J connectivity index is 5.27. The average Bonchev–Trinajstić information content (AvgIpc) is 0.919. The summed E-state index contributed by atoms with van der Waals surface area (Å²) in [5, 5.41) is 10.7. The first-order valence-electron chi connectivity index (χ1n) is 44.4. The molecule has 7 atom stereocenters. The van der Waals surface area contributed by atoms with Crippen LogP contribution >= 0.6 is 15.6 Å². The second-order valence-electron chi connectivity index (χ2n) is 31.9. The van der Waals surface area contributed by atoms with Crippen LogP contribution in [0.3, 0.4) is 0 Å². The molecule has 0 radical (unpaired) electrons. The third kappa shape index (κ3) is 77.2. The maximum atomic E-state index is 13.2. The lowest BCUT2D eigenvalue weighted by Crippen LogP contribution is -2.30. The van der Waals surface area contributed by atoms with Gasteiger partial charge in [0.15, 0.2) is 12.2 Å². The van der Waals surface area contributed by atoms with Crippen molar-refractivity contribution in [1.29, 1.82) is 0 Å². The molecule has 0 fully saturated rings. The summed E-state index contributed by atoms with van der Waals surface area (Å²) in [6.45, 7) is 12.1. The van der Waals surface area contributed by atoms with Crippen LogP contribution < -0.4 is 0 Å². The molecule has 0 bridgehead atoms. The SMILES string of the molecule is CCCCCCCCCCCCCCCCCCC(=O)O[C@H](COC(=O)CCCCCCCCCCC(C)CC)COP(=O)(O)OC[C@H](O)COP(=O)(O)OC[C@@H](COC(=O)CCCCCCCCCCCCCCCCC(C)CC)OC(=O)CCCCCCCCCCCCCCCCCCC(C)C. The van der Waals surface area contributed by atoms with E-state index < -0.39 is 97.5 Å². The van der Waals surface area contributed by atoms with Gasteiger partial charge in [-0.15, -0.1) is 0 Å². The van der Waals surface area contributed by atoms with Gasteiger partial charge in [0.05, 0.1) is 26.4 Å². The second kappa shape index (κ2) is 76.1. The highest BCUT2D eigenvalue weighted by atomic mass is 31.2. The lowest BCUT2D eigenvalue weighted by molar-refractivity contribution is -0.161. The molecule has 3 N–H and O–H groups in total. The van der Waals surface area contributed by atoms with Gasteiger partial charge in [-0.25, -0.2) is 9.13 Å². The van der Waals surface area contributed by atoms with Crippen molar-refractivity contribution >= 4 is 39.5 Å². The number of carbonyl (C=O) groups is 4. The van der Waals surface area contributed by atoms with Gasteiger partial charge in [-0.3, -0.25) is 37.3 Å². The molecule has 0 rings (SSSR count). The van der Waals surface area contributed by atoms with Crippen LogP contribution in [0.15, 0.2) is 0 Å². The molecule has 0 spiro atoms. The number of esters is 4. The van der Waals surface area contributed by atoms with E-state index in [2.05, 4.69) is 48.5 Å². The topological polar surface area (TPSA) is 237 Å². The highest BCUT2D eigenvalue weighted by Crippen LogP contribution is 2.45. The Morgan fingerprint density at radius 1 is 0.276 bits per heavy atom. The summed E-state index contributed by atoms with van der Waals surface area (Å²) >= 11 is 0. The van der Waals surface area contributed by atoms with Crippen LogP contribution in [0.25, 0.3) is 0 Å². The third-order valence-corrected chi connectivity index (χ3v) is 22.8. The van der Waals surface area contributed by atoms with Gasteiger partial charge in [-0.1, -0.05) is 402 Å². The number of ether oxygens (including phenoxy) is 4. The molecule has 0 aromatic rings. The molecule has 0 aliphatic heterocycles. The highest BCUT2D eigenvalue weighted by molar-refractivity contribution is 7.47. The number of phosphoric acid groups is 2. The van der Waals surface area contributed by atoms with Crippen molar-refractivity contribution in [3.8, 4) is 0 Å². The lowest BCUT2D eigenvalue weighted by Gasteiger charge is -2.21. The first kappa shape index (κ1) is 103. The molecule has 0 heterocycles. The van der Waals surface area contributed by atoms with Crippen LogP contribution in [0.2, 0.25) is 0 Å². The summed E-state index contributed by atoms with van der Waals surface area (Å²) in [7, 11) is -9.93. The van der Waals surface area contributed by atoms with E-state index in [1.165, 1.54) is 263 Å². The number of carbonyl (C=O) groups excluding carboxylic acids is 4. The predicted octanol–water partition coefficient (Wildman–Crippen LogP) is 26.1. The molecule has 0 saturated carbocycles. The van der Waals surface area contributed by atoms with Crippen molar-refractivity contribution in [2.45, 2.75) is 471 Å². The fourth-order valence-corrected chi connectivity index (χ4v) is 14.9.